The number of imidazole rings is 1. The highest BCUT2D eigenvalue weighted by molar-refractivity contribution is 7.98. The standard InChI is InChI=1S/C9H17N2OS/c1-12-7-5-10-3-4-11(9-10)6-8-13-2/h3-4,9H,5-8H2,1-2H3/q+1. The molecule has 0 radical (unpaired) electrons. The lowest BCUT2D eigenvalue weighted by Gasteiger charge is -1.94. The van der Waals surface area contributed by atoms with E-state index in [4.69, 9.17) is 4.74 Å². The van der Waals surface area contributed by atoms with Crippen LogP contribution in [0.2, 0.25) is 0 Å². The predicted molar refractivity (Wildman–Crippen MR) is 54.9 cm³/mol. The van der Waals surface area contributed by atoms with Gasteiger partial charge in [-0.25, -0.2) is 9.13 Å². The molecule has 0 aliphatic heterocycles. The van der Waals surface area contributed by atoms with Crippen LogP contribution >= 0.6 is 11.8 Å². The number of aromatic nitrogens is 2. The molecule has 0 aliphatic rings. The molecule has 1 heterocycles. The first-order valence-electron chi connectivity index (χ1n) is 4.39. The van der Waals surface area contributed by atoms with Crippen molar-refractivity contribution in [3.8, 4) is 0 Å². The molecule has 0 bridgehead atoms. The van der Waals surface area contributed by atoms with Crippen LogP contribution in [0.15, 0.2) is 18.7 Å². The number of rotatable bonds is 6. The molecule has 0 aromatic carbocycles. The molecule has 0 fully saturated rings. The fourth-order valence-corrected chi connectivity index (χ4v) is 1.49. The van der Waals surface area contributed by atoms with Gasteiger partial charge in [-0.1, -0.05) is 0 Å². The second-order valence-corrected chi connectivity index (χ2v) is 3.86. The van der Waals surface area contributed by atoms with E-state index in [1.165, 1.54) is 5.75 Å². The molecule has 13 heavy (non-hydrogen) atoms. The zero-order valence-electron chi connectivity index (χ0n) is 8.27. The van der Waals surface area contributed by atoms with Crippen molar-refractivity contribution < 1.29 is 9.30 Å². The Morgan fingerprint density at radius 1 is 1.54 bits per heavy atom. The van der Waals surface area contributed by atoms with Gasteiger partial charge in [-0.05, 0) is 6.26 Å². The third kappa shape index (κ3) is 3.83. The summed E-state index contributed by atoms with van der Waals surface area (Å²) in [4.78, 5) is 0. The lowest BCUT2D eigenvalue weighted by Crippen LogP contribution is -2.33. The number of aryl methyl sites for hydroxylation is 1. The van der Waals surface area contributed by atoms with E-state index in [1.807, 2.05) is 11.8 Å². The zero-order chi connectivity index (χ0) is 9.52. The molecule has 0 amide bonds. The summed E-state index contributed by atoms with van der Waals surface area (Å²) in [5.74, 6) is 1.17. The van der Waals surface area contributed by atoms with Gasteiger partial charge >= 0.3 is 0 Å². The van der Waals surface area contributed by atoms with Gasteiger partial charge in [0.2, 0.25) is 6.33 Å². The van der Waals surface area contributed by atoms with E-state index < -0.39 is 0 Å². The van der Waals surface area contributed by atoms with Crippen molar-refractivity contribution in [2.45, 2.75) is 13.1 Å². The van der Waals surface area contributed by atoms with E-state index in [-0.39, 0.29) is 0 Å². The van der Waals surface area contributed by atoms with Gasteiger partial charge in [-0.3, -0.25) is 0 Å². The Hall–Kier alpha value is -0.480. The second-order valence-electron chi connectivity index (χ2n) is 2.87. The summed E-state index contributed by atoms with van der Waals surface area (Å²) in [7, 11) is 1.73. The normalized spacial score (nSPS) is 10.6. The zero-order valence-corrected chi connectivity index (χ0v) is 9.09. The fourth-order valence-electron chi connectivity index (χ4n) is 1.10. The molecule has 74 valence electrons. The van der Waals surface area contributed by atoms with Crippen LogP contribution in [0.5, 0.6) is 0 Å². The number of ether oxygens (including phenoxy) is 1. The first kappa shape index (κ1) is 10.6. The number of nitrogens with zero attached hydrogens (tertiary/aromatic N) is 2. The van der Waals surface area contributed by atoms with Crippen LogP contribution in [0.25, 0.3) is 0 Å². The molecule has 0 spiro atoms. The minimum atomic E-state index is 0.775. The molecule has 0 unspecified atom stereocenters. The Morgan fingerprint density at radius 3 is 3.08 bits per heavy atom. The first-order valence-corrected chi connectivity index (χ1v) is 5.79. The monoisotopic (exact) mass is 201 g/mol. The summed E-state index contributed by atoms with van der Waals surface area (Å²) in [5.41, 5.74) is 0. The van der Waals surface area contributed by atoms with E-state index >= 15 is 0 Å². The van der Waals surface area contributed by atoms with Crippen molar-refractivity contribution in [1.29, 1.82) is 0 Å². The van der Waals surface area contributed by atoms with Gasteiger partial charge in [0.05, 0.1) is 13.2 Å². The van der Waals surface area contributed by atoms with Gasteiger partial charge in [0.1, 0.15) is 18.9 Å². The maximum absolute atomic E-state index is 5.00. The Balaban J connectivity index is 2.34. The average molecular weight is 201 g/mol. The summed E-state index contributed by atoms with van der Waals surface area (Å²) in [6, 6.07) is 0. The summed E-state index contributed by atoms with van der Waals surface area (Å²) in [5, 5.41) is 0. The molecule has 3 nitrogen and oxygen atoms in total. The minimum Gasteiger partial charge on any atom is -0.381 e. The molecule has 0 aliphatic carbocycles. The molecule has 0 saturated heterocycles. The van der Waals surface area contributed by atoms with Crippen molar-refractivity contribution in [1.82, 2.24) is 4.57 Å². The van der Waals surface area contributed by atoms with Crippen molar-refractivity contribution in [3.63, 3.8) is 0 Å². The van der Waals surface area contributed by atoms with Crippen molar-refractivity contribution in [3.05, 3.63) is 18.7 Å². The van der Waals surface area contributed by atoms with Gasteiger partial charge in [0.25, 0.3) is 0 Å². The number of hydrogen-bond donors (Lipinski definition) is 0. The Kier molecular flexibility index (Phi) is 4.93. The van der Waals surface area contributed by atoms with E-state index in [0.717, 1.165) is 19.7 Å². The molecule has 1 aromatic heterocycles. The number of hydrogen-bond acceptors (Lipinski definition) is 2. The molecular formula is C9H17N2OS+. The van der Waals surface area contributed by atoms with Crippen LogP contribution in [0.3, 0.4) is 0 Å². The third-order valence-electron chi connectivity index (χ3n) is 1.85. The van der Waals surface area contributed by atoms with Crippen LogP contribution < -0.4 is 4.57 Å². The smallest absolute Gasteiger partial charge is 0.243 e. The van der Waals surface area contributed by atoms with Crippen LogP contribution in [0.1, 0.15) is 0 Å². The van der Waals surface area contributed by atoms with Gasteiger partial charge < -0.3 is 4.74 Å². The van der Waals surface area contributed by atoms with Crippen LogP contribution in [-0.2, 0) is 17.8 Å². The van der Waals surface area contributed by atoms with Gasteiger partial charge in [-0.15, -0.1) is 0 Å². The molecule has 0 N–H and O–H groups in total. The highest BCUT2D eigenvalue weighted by atomic mass is 32.2. The van der Waals surface area contributed by atoms with Crippen molar-refractivity contribution in [2.24, 2.45) is 0 Å². The maximum Gasteiger partial charge on any atom is 0.243 e. The van der Waals surface area contributed by atoms with Crippen molar-refractivity contribution >= 4 is 11.8 Å². The van der Waals surface area contributed by atoms with Gasteiger partial charge in [0, 0.05) is 12.9 Å². The fraction of sp³-hybridized carbons (Fsp3) is 0.667. The van der Waals surface area contributed by atoms with Crippen molar-refractivity contribution in [2.75, 3.05) is 25.7 Å². The van der Waals surface area contributed by atoms with Crippen LogP contribution in [0, 0.1) is 0 Å². The Morgan fingerprint density at radius 2 is 2.38 bits per heavy atom. The summed E-state index contributed by atoms with van der Waals surface area (Å²) < 4.78 is 9.35. The SMILES string of the molecule is COCC[n+]1ccn(CCSC)c1. The molecule has 0 atom stereocenters. The quantitative estimate of drug-likeness (QED) is 0.633. The van der Waals surface area contributed by atoms with Gasteiger partial charge in [-0.2, -0.15) is 11.8 Å². The second kappa shape index (κ2) is 6.05. The van der Waals surface area contributed by atoms with Crippen LogP contribution in [0.4, 0.5) is 0 Å². The number of methoxy groups -OCH3 is 1. The van der Waals surface area contributed by atoms with E-state index in [9.17, 15) is 0 Å². The summed E-state index contributed by atoms with van der Waals surface area (Å²) >= 11 is 1.87. The highest BCUT2D eigenvalue weighted by Crippen LogP contribution is 1.94. The summed E-state index contributed by atoms with van der Waals surface area (Å²) in [6.07, 6.45) is 8.43. The molecule has 1 aromatic rings. The lowest BCUT2D eigenvalue weighted by molar-refractivity contribution is -0.697. The largest absolute Gasteiger partial charge is 0.381 e. The first-order chi connectivity index (χ1) is 6.36. The Labute approximate surface area is 83.7 Å². The lowest BCUT2D eigenvalue weighted by atomic mass is 10.7. The molecular weight excluding hydrogens is 184 g/mol. The third-order valence-corrected chi connectivity index (χ3v) is 2.44. The van der Waals surface area contributed by atoms with Crippen LogP contribution in [-0.4, -0.2) is 30.3 Å². The topological polar surface area (TPSA) is 18.0 Å². The summed E-state index contributed by atoms with van der Waals surface area (Å²) in [6.45, 7) is 2.79. The molecule has 1 rings (SSSR count). The van der Waals surface area contributed by atoms with E-state index in [1.54, 1.807) is 7.11 Å². The van der Waals surface area contributed by atoms with E-state index in [2.05, 4.69) is 34.1 Å². The number of thioether (sulfide) groups is 1. The molecule has 0 saturated carbocycles. The Bertz CT molecular complexity index is 215. The maximum atomic E-state index is 5.00. The average Bonchev–Trinajstić information content (AvgIpc) is 2.59. The predicted octanol–water partition coefficient (Wildman–Crippen LogP) is 0.785. The van der Waals surface area contributed by atoms with E-state index in [0.29, 0.717) is 0 Å². The molecule has 4 heteroatoms. The highest BCUT2D eigenvalue weighted by Gasteiger charge is 2.01. The minimum absolute atomic E-state index is 0.775. The van der Waals surface area contributed by atoms with Gasteiger partial charge in [0.15, 0.2) is 0 Å².